The first-order valence-corrected chi connectivity index (χ1v) is 5.71. The van der Waals surface area contributed by atoms with Gasteiger partial charge < -0.3 is 11.1 Å². The Kier molecular flexibility index (Phi) is 3.12. The Morgan fingerprint density at radius 1 is 1.50 bits per heavy atom. The summed E-state index contributed by atoms with van der Waals surface area (Å²) >= 11 is 6.16. The molecular formula is C10H8FN3S2. The number of aromatic nitrogens is 1. The van der Waals surface area contributed by atoms with Crippen molar-refractivity contribution in [3.63, 3.8) is 0 Å². The molecule has 0 fully saturated rings. The summed E-state index contributed by atoms with van der Waals surface area (Å²) in [7, 11) is 0. The van der Waals surface area contributed by atoms with Gasteiger partial charge in [-0.15, -0.1) is 11.3 Å². The van der Waals surface area contributed by atoms with E-state index in [4.69, 9.17) is 18.0 Å². The highest BCUT2D eigenvalue weighted by atomic mass is 32.1. The van der Waals surface area contributed by atoms with Crippen LogP contribution in [0.2, 0.25) is 0 Å². The lowest BCUT2D eigenvalue weighted by atomic mass is 10.2. The first-order valence-electron chi connectivity index (χ1n) is 4.42. The van der Waals surface area contributed by atoms with Crippen LogP contribution >= 0.6 is 23.6 Å². The molecule has 0 aliphatic heterocycles. The zero-order valence-corrected chi connectivity index (χ0v) is 9.74. The Morgan fingerprint density at radius 2 is 2.31 bits per heavy atom. The van der Waals surface area contributed by atoms with Gasteiger partial charge in [-0.1, -0.05) is 12.2 Å². The van der Waals surface area contributed by atoms with Crippen molar-refractivity contribution >= 4 is 39.4 Å². The molecule has 0 spiro atoms. The van der Waals surface area contributed by atoms with Crippen LogP contribution in [-0.2, 0) is 0 Å². The van der Waals surface area contributed by atoms with Crippen LogP contribution in [0.4, 0.5) is 15.2 Å². The fourth-order valence-electron chi connectivity index (χ4n) is 1.17. The molecule has 0 radical (unpaired) electrons. The van der Waals surface area contributed by atoms with Gasteiger partial charge in [0.1, 0.15) is 10.8 Å². The fourth-order valence-corrected chi connectivity index (χ4v) is 1.84. The van der Waals surface area contributed by atoms with Gasteiger partial charge in [-0.2, -0.15) is 0 Å². The molecular weight excluding hydrogens is 245 g/mol. The summed E-state index contributed by atoms with van der Waals surface area (Å²) in [4.78, 5) is 4.18. The van der Waals surface area contributed by atoms with Crippen molar-refractivity contribution < 1.29 is 4.39 Å². The van der Waals surface area contributed by atoms with Crippen LogP contribution in [0.15, 0.2) is 29.8 Å². The lowest BCUT2D eigenvalue weighted by Crippen LogP contribution is -2.09. The Bertz CT molecular complexity index is 511. The average Bonchev–Trinajstić information content (AvgIpc) is 2.73. The number of rotatable bonds is 3. The lowest BCUT2D eigenvalue weighted by Gasteiger charge is -2.05. The molecule has 0 aliphatic carbocycles. The minimum Gasteiger partial charge on any atom is -0.389 e. The molecule has 3 N–H and O–H groups in total. The fraction of sp³-hybridized carbons (Fsp3) is 0. The van der Waals surface area contributed by atoms with E-state index in [0.717, 1.165) is 0 Å². The standard InChI is InChI=1S/C10H8FN3S2/c11-7-5-6(9(12)15)1-2-8(7)14-10-13-3-4-16-10/h1-5H,(H2,12,15)(H,13,14). The van der Waals surface area contributed by atoms with E-state index in [1.165, 1.54) is 17.4 Å². The van der Waals surface area contributed by atoms with Gasteiger partial charge >= 0.3 is 0 Å². The SMILES string of the molecule is NC(=S)c1ccc(Nc2nccs2)c(F)c1. The summed E-state index contributed by atoms with van der Waals surface area (Å²) in [6.45, 7) is 0. The molecule has 1 heterocycles. The molecule has 0 unspecified atom stereocenters. The summed E-state index contributed by atoms with van der Waals surface area (Å²) in [6, 6.07) is 4.56. The minimum atomic E-state index is -0.402. The Balaban J connectivity index is 2.26. The second-order valence-electron chi connectivity index (χ2n) is 3.02. The lowest BCUT2D eigenvalue weighted by molar-refractivity contribution is 0.631. The molecule has 0 amide bonds. The third-order valence-electron chi connectivity index (χ3n) is 1.93. The topological polar surface area (TPSA) is 50.9 Å². The highest BCUT2D eigenvalue weighted by Crippen LogP contribution is 2.22. The smallest absolute Gasteiger partial charge is 0.187 e. The molecule has 0 saturated heterocycles. The van der Waals surface area contributed by atoms with Crippen LogP contribution < -0.4 is 11.1 Å². The normalized spacial score (nSPS) is 10.1. The highest BCUT2D eigenvalue weighted by molar-refractivity contribution is 7.80. The number of hydrogen-bond acceptors (Lipinski definition) is 4. The molecule has 1 aromatic carbocycles. The molecule has 1 aromatic heterocycles. The summed E-state index contributed by atoms with van der Waals surface area (Å²) in [5.74, 6) is -0.402. The predicted molar refractivity (Wildman–Crippen MR) is 67.7 cm³/mol. The molecule has 0 aliphatic rings. The highest BCUT2D eigenvalue weighted by Gasteiger charge is 2.06. The van der Waals surface area contributed by atoms with Gasteiger partial charge in [0, 0.05) is 17.1 Å². The van der Waals surface area contributed by atoms with Gasteiger partial charge in [0.15, 0.2) is 5.13 Å². The molecule has 16 heavy (non-hydrogen) atoms. The van der Waals surface area contributed by atoms with E-state index in [2.05, 4.69) is 10.3 Å². The minimum absolute atomic E-state index is 0.180. The molecule has 0 bridgehead atoms. The summed E-state index contributed by atoms with van der Waals surface area (Å²) in [6.07, 6.45) is 1.65. The van der Waals surface area contributed by atoms with E-state index in [0.29, 0.717) is 16.4 Å². The monoisotopic (exact) mass is 253 g/mol. The Hall–Kier alpha value is -1.53. The van der Waals surface area contributed by atoms with E-state index in [1.807, 2.05) is 5.38 Å². The first-order chi connectivity index (χ1) is 7.66. The van der Waals surface area contributed by atoms with E-state index in [-0.39, 0.29) is 4.99 Å². The Morgan fingerprint density at radius 3 is 2.88 bits per heavy atom. The van der Waals surface area contributed by atoms with Crippen molar-refractivity contribution in [3.05, 3.63) is 41.2 Å². The van der Waals surface area contributed by atoms with Crippen molar-refractivity contribution in [2.45, 2.75) is 0 Å². The zero-order chi connectivity index (χ0) is 11.5. The third kappa shape index (κ3) is 2.34. The first kappa shape index (κ1) is 11.0. The van der Waals surface area contributed by atoms with Gasteiger partial charge in [0.05, 0.1) is 5.69 Å². The number of nitrogens with one attached hydrogen (secondary N) is 1. The van der Waals surface area contributed by atoms with Gasteiger partial charge in [-0.05, 0) is 18.2 Å². The number of hydrogen-bond donors (Lipinski definition) is 2. The number of anilines is 2. The van der Waals surface area contributed by atoms with Gasteiger partial charge in [0.25, 0.3) is 0 Å². The summed E-state index contributed by atoms with van der Waals surface area (Å²) in [5.41, 5.74) is 6.27. The number of thiazole rings is 1. The average molecular weight is 253 g/mol. The van der Waals surface area contributed by atoms with Crippen LogP contribution in [-0.4, -0.2) is 9.97 Å². The second kappa shape index (κ2) is 4.54. The van der Waals surface area contributed by atoms with Crippen molar-refractivity contribution in [1.29, 1.82) is 0 Å². The van der Waals surface area contributed by atoms with Crippen LogP contribution in [0.3, 0.4) is 0 Å². The number of thiocarbonyl (C=S) groups is 1. The molecule has 6 heteroatoms. The second-order valence-corrected chi connectivity index (χ2v) is 4.36. The maximum absolute atomic E-state index is 13.6. The number of halogens is 1. The number of nitrogens with zero attached hydrogens (tertiary/aromatic N) is 1. The van der Waals surface area contributed by atoms with Crippen molar-refractivity contribution in [2.24, 2.45) is 5.73 Å². The van der Waals surface area contributed by atoms with Crippen LogP contribution in [0.25, 0.3) is 0 Å². The quantitative estimate of drug-likeness (QED) is 0.826. The number of benzene rings is 1. The maximum atomic E-state index is 13.6. The largest absolute Gasteiger partial charge is 0.389 e. The number of nitrogens with two attached hydrogens (primary N) is 1. The van der Waals surface area contributed by atoms with Gasteiger partial charge in [-0.25, -0.2) is 9.37 Å². The van der Waals surface area contributed by atoms with Gasteiger partial charge in [-0.3, -0.25) is 0 Å². The summed E-state index contributed by atoms with van der Waals surface area (Å²) in [5, 5.41) is 5.32. The molecule has 0 atom stereocenters. The van der Waals surface area contributed by atoms with E-state index < -0.39 is 5.82 Å². The zero-order valence-electron chi connectivity index (χ0n) is 8.11. The van der Waals surface area contributed by atoms with Crippen molar-refractivity contribution in [2.75, 3.05) is 5.32 Å². The Labute approximate surface area is 101 Å². The van der Waals surface area contributed by atoms with Crippen LogP contribution in [0.5, 0.6) is 0 Å². The molecule has 2 rings (SSSR count). The molecule has 0 saturated carbocycles. The molecule has 3 nitrogen and oxygen atoms in total. The van der Waals surface area contributed by atoms with E-state index in [1.54, 1.807) is 18.3 Å². The molecule has 2 aromatic rings. The van der Waals surface area contributed by atoms with E-state index in [9.17, 15) is 4.39 Å². The van der Waals surface area contributed by atoms with Gasteiger partial charge in [0.2, 0.25) is 0 Å². The van der Waals surface area contributed by atoms with Crippen LogP contribution in [0.1, 0.15) is 5.56 Å². The maximum Gasteiger partial charge on any atom is 0.187 e. The van der Waals surface area contributed by atoms with Crippen molar-refractivity contribution in [3.8, 4) is 0 Å². The molecule has 82 valence electrons. The predicted octanol–water partition coefficient (Wildman–Crippen LogP) is 2.66. The van der Waals surface area contributed by atoms with Crippen molar-refractivity contribution in [1.82, 2.24) is 4.98 Å². The third-order valence-corrected chi connectivity index (χ3v) is 2.85. The van der Waals surface area contributed by atoms with Crippen LogP contribution in [0, 0.1) is 5.82 Å². The van der Waals surface area contributed by atoms with E-state index >= 15 is 0 Å². The summed E-state index contributed by atoms with van der Waals surface area (Å²) < 4.78 is 13.6.